The van der Waals surface area contributed by atoms with E-state index in [4.69, 9.17) is 4.74 Å². The number of carbonyl (C=O) groups is 2. The summed E-state index contributed by atoms with van der Waals surface area (Å²) in [6, 6.07) is 15.8. The number of nitriles is 1. The zero-order valence-corrected chi connectivity index (χ0v) is 22.1. The van der Waals surface area contributed by atoms with Crippen molar-refractivity contribution in [3.63, 3.8) is 0 Å². The van der Waals surface area contributed by atoms with Gasteiger partial charge in [0.25, 0.3) is 15.9 Å². The molecule has 0 saturated heterocycles. The number of nitrogens with one attached hydrogen (secondary N) is 1. The van der Waals surface area contributed by atoms with E-state index >= 15 is 0 Å². The molecule has 1 amide bonds. The predicted molar refractivity (Wildman–Crippen MR) is 145 cm³/mol. The molecule has 0 fully saturated rings. The van der Waals surface area contributed by atoms with E-state index in [1.54, 1.807) is 18.2 Å². The van der Waals surface area contributed by atoms with Gasteiger partial charge in [-0.2, -0.15) is 5.26 Å². The van der Waals surface area contributed by atoms with Crippen LogP contribution in [0.2, 0.25) is 0 Å². The monoisotopic (exact) mass is 547 g/mol. The number of amides is 1. The lowest BCUT2D eigenvalue weighted by molar-refractivity contribution is -0.142. The highest BCUT2D eigenvalue weighted by atomic mass is 32.2. The molecular weight excluding hydrogens is 522 g/mol. The van der Waals surface area contributed by atoms with Crippen molar-refractivity contribution in [1.82, 2.24) is 0 Å². The van der Waals surface area contributed by atoms with Gasteiger partial charge in [0.15, 0.2) is 6.61 Å². The number of para-hydroxylation sites is 1. The average molecular weight is 548 g/mol. The molecule has 2 heterocycles. The van der Waals surface area contributed by atoms with Gasteiger partial charge in [0.2, 0.25) is 0 Å². The number of hydrogen-bond donors (Lipinski definition) is 1. The Morgan fingerprint density at radius 2 is 1.84 bits per heavy atom. The number of thiophene rings is 1. The van der Waals surface area contributed by atoms with Crippen LogP contribution in [0.15, 0.2) is 59.5 Å². The van der Waals surface area contributed by atoms with Crippen molar-refractivity contribution in [2.75, 3.05) is 22.8 Å². The lowest BCUT2D eigenvalue weighted by Gasteiger charge is -2.19. The number of ether oxygens (including phenoxy) is 1. The fourth-order valence-electron chi connectivity index (χ4n) is 4.72. The minimum atomic E-state index is -3.70. The third-order valence-electron chi connectivity index (χ3n) is 6.61. The number of rotatable bonds is 7. The fraction of sp³-hybridized carbons (Fsp3) is 0.250. The highest BCUT2D eigenvalue weighted by Crippen LogP contribution is 2.37. The minimum absolute atomic E-state index is 0.164. The minimum Gasteiger partial charge on any atom is -0.452 e. The second-order valence-electron chi connectivity index (χ2n) is 9.04. The van der Waals surface area contributed by atoms with Gasteiger partial charge in [0, 0.05) is 17.5 Å². The summed E-state index contributed by atoms with van der Waals surface area (Å²) < 4.78 is 32.7. The van der Waals surface area contributed by atoms with E-state index in [0.29, 0.717) is 34.8 Å². The van der Waals surface area contributed by atoms with Gasteiger partial charge in [0.05, 0.1) is 16.1 Å². The van der Waals surface area contributed by atoms with Gasteiger partial charge >= 0.3 is 5.97 Å². The third kappa shape index (κ3) is 5.21. The highest BCUT2D eigenvalue weighted by Gasteiger charge is 2.30. The Kier molecular flexibility index (Phi) is 7.31. The van der Waals surface area contributed by atoms with Crippen LogP contribution < -0.4 is 9.62 Å². The Labute approximate surface area is 225 Å². The molecule has 1 aliphatic heterocycles. The van der Waals surface area contributed by atoms with Crippen LogP contribution in [0, 0.1) is 11.3 Å². The molecule has 5 rings (SSSR count). The molecule has 0 bridgehead atoms. The molecule has 2 aliphatic rings. The number of anilines is 2. The molecular formula is C28H25N3O5S2. The number of hydrogen-bond acceptors (Lipinski definition) is 7. The van der Waals surface area contributed by atoms with Crippen LogP contribution in [0.5, 0.6) is 0 Å². The van der Waals surface area contributed by atoms with Crippen LogP contribution in [0.25, 0.3) is 6.08 Å². The maximum atomic E-state index is 13.1. The second-order valence-corrected chi connectivity index (χ2v) is 12.0. The Hall–Kier alpha value is -3.94. The first-order valence-electron chi connectivity index (χ1n) is 12.3. The molecule has 2 aromatic carbocycles. The van der Waals surface area contributed by atoms with Crippen molar-refractivity contribution in [1.29, 1.82) is 5.26 Å². The molecule has 38 heavy (non-hydrogen) atoms. The van der Waals surface area contributed by atoms with Crippen LogP contribution in [0.1, 0.15) is 40.0 Å². The zero-order chi connectivity index (χ0) is 26.7. The number of benzene rings is 2. The van der Waals surface area contributed by atoms with E-state index in [0.717, 1.165) is 41.7 Å². The Bertz CT molecular complexity index is 1570. The maximum Gasteiger partial charge on any atom is 0.331 e. The van der Waals surface area contributed by atoms with Crippen molar-refractivity contribution in [3.05, 3.63) is 81.7 Å². The SMILES string of the molecule is N#Cc1c(NC(=O)COC(=O)/C=C/c2ccc(S(=O)(=O)N3CCc4ccccc43)cc2)sc2c1CCCC2. The first-order valence-corrected chi connectivity index (χ1v) is 14.5. The standard InChI is InChI=1S/C28H25N3O5S2/c29-17-23-22-6-2-4-8-25(22)37-28(23)30-26(32)18-36-27(33)14-11-19-9-12-21(13-10-19)38(34,35)31-16-15-20-5-1-3-7-24(20)31/h1,3,5,7,9-14H,2,4,6,8,15-16,18H2,(H,30,32)/b14-11+. The van der Waals surface area contributed by atoms with Crippen molar-refractivity contribution >= 4 is 50.0 Å². The molecule has 8 nitrogen and oxygen atoms in total. The Morgan fingerprint density at radius 1 is 1.08 bits per heavy atom. The molecule has 10 heteroatoms. The summed E-state index contributed by atoms with van der Waals surface area (Å²) in [6.07, 6.45) is 7.18. The zero-order valence-electron chi connectivity index (χ0n) is 20.5. The predicted octanol–water partition coefficient (Wildman–Crippen LogP) is 4.45. The van der Waals surface area contributed by atoms with Gasteiger partial charge in [-0.1, -0.05) is 30.3 Å². The van der Waals surface area contributed by atoms with Crippen molar-refractivity contribution < 1.29 is 22.7 Å². The van der Waals surface area contributed by atoms with Gasteiger partial charge in [-0.25, -0.2) is 13.2 Å². The quantitative estimate of drug-likeness (QED) is 0.345. The van der Waals surface area contributed by atoms with Gasteiger partial charge in [-0.15, -0.1) is 11.3 Å². The Morgan fingerprint density at radius 3 is 2.63 bits per heavy atom. The summed E-state index contributed by atoms with van der Waals surface area (Å²) in [5, 5.41) is 12.7. The maximum absolute atomic E-state index is 13.1. The molecule has 194 valence electrons. The number of carbonyl (C=O) groups excluding carboxylic acids is 2. The highest BCUT2D eigenvalue weighted by molar-refractivity contribution is 7.92. The normalized spacial score (nSPS) is 14.6. The third-order valence-corrected chi connectivity index (χ3v) is 9.64. The molecule has 0 unspecified atom stereocenters. The van der Waals surface area contributed by atoms with E-state index in [1.165, 1.54) is 39.9 Å². The number of aryl methyl sites for hydroxylation is 1. The fourth-order valence-corrected chi connectivity index (χ4v) is 7.48. The van der Waals surface area contributed by atoms with E-state index in [-0.39, 0.29) is 4.90 Å². The first-order chi connectivity index (χ1) is 18.4. The van der Waals surface area contributed by atoms with Crippen LogP contribution in [-0.4, -0.2) is 33.4 Å². The number of esters is 1. The molecule has 1 N–H and O–H groups in total. The van der Waals surface area contributed by atoms with E-state index in [1.807, 2.05) is 18.2 Å². The lowest BCUT2D eigenvalue weighted by Crippen LogP contribution is -2.29. The van der Waals surface area contributed by atoms with Gasteiger partial charge in [-0.3, -0.25) is 9.10 Å². The molecule has 3 aromatic rings. The first kappa shape index (κ1) is 25.7. The topological polar surface area (TPSA) is 117 Å². The van der Waals surface area contributed by atoms with Crippen molar-refractivity contribution in [2.45, 2.75) is 37.0 Å². The molecule has 0 saturated carbocycles. The molecule has 1 aliphatic carbocycles. The molecule has 0 radical (unpaired) electrons. The van der Waals surface area contributed by atoms with Crippen LogP contribution in [-0.2, 0) is 43.6 Å². The van der Waals surface area contributed by atoms with E-state index in [9.17, 15) is 23.3 Å². The smallest absolute Gasteiger partial charge is 0.331 e. The Balaban J connectivity index is 1.16. The summed E-state index contributed by atoms with van der Waals surface area (Å²) in [4.78, 5) is 25.7. The van der Waals surface area contributed by atoms with Crippen LogP contribution in [0.3, 0.4) is 0 Å². The van der Waals surface area contributed by atoms with Gasteiger partial charge in [0.1, 0.15) is 11.1 Å². The lowest BCUT2D eigenvalue weighted by atomic mass is 9.96. The van der Waals surface area contributed by atoms with Crippen LogP contribution in [0.4, 0.5) is 10.7 Å². The summed E-state index contributed by atoms with van der Waals surface area (Å²) in [5.74, 6) is -1.23. The van der Waals surface area contributed by atoms with Crippen molar-refractivity contribution in [2.24, 2.45) is 0 Å². The number of nitrogens with zero attached hydrogens (tertiary/aromatic N) is 2. The number of fused-ring (bicyclic) bond motifs is 2. The summed E-state index contributed by atoms with van der Waals surface area (Å²) in [6.45, 7) is -0.0829. The van der Waals surface area contributed by atoms with E-state index < -0.39 is 28.5 Å². The van der Waals surface area contributed by atoms with Gasteiger partial charge < -0.3 is 10.1 Å². The molecule has 0 atom stereocenters. The largest absolute Gasteiger partial charge is 0.452 e. The molecule has 1 aromatic heterocycles. The van der Waals surface area contributed by atoms with Crippen molar-refractivity contribution in [3.8, 4) is 6.07 Å². The summed E-state index contributed by atoms with van der Waals surface area (Å²) in [5.41, 5.74) is 3.83. The number of sulfonamides is 1. The molecule has 0 spiro atoms. The summed E-state index contributed by atoms with van der Waals surface area (Å²) in [7, 11) is -3.70. The van der Waals surface area contributed by atoms with Crippen LogP contribution >= 0.6 is 11.3 Å². The van der Waals surface area contributed by atoms with Gasteiger partial charge in [-0.05, 0) is 73.1 Å². The van der Waals surface area contributed by atoms with E-state index in [2.05, 4.69) is 11.4 Å². The second kappa shape index (κ2) is 10.8. The average Bonchev–Trinajstić information content (AvgIpc) is 3.52. The summed E-state index contributed by atoms with van der Waals surface area (Å²) >= 11 is 1.41.